The van der Waals surface area contributed by atoms with E-state index in [1.54, 1.807) is 17.9 Å². The van der Waals surface area contributed by atoms with Gasteiger partial charge in [0.25, 0.3) is 0 Å². The molecule has 1 aromatic carbocycles. The van der Waals surface area contributed by atoms with E-state index < -0.39 is 0 Å². The number of carbonyl (C=O) groups excluding carboxylic acids is 1. The molecule has 0 radical (unpaired) electrons. The Balaban J connectivity index is 1.40. The molecule has 2 fully saturated rings. The van der Waals surface area contributed by atoms with Crippen LogP contribution in [0.2, 0.25) is 10.0 Å². The second kappa shape index (κ2) is 10.2. The molecule has 2 aromatic rings. The van der Waals surface area contributed by atoms with Crippen molar-refractivity contribution in [2.45, 2.75) is 6.54 Å². The highest BCUT2D eigenvalue weighted by Crippen LogP contribution is 2.31. The first-order valence-corrected chi connectivity index (χ1v) is 11.9. The number of aromatic nitrogens is 2. The number of hydrogen-bond acceptors (Lipinski definition) is 6. The first-order valence-electron chi connectivity index (χ1n) is 11.1. The van der Waals surface area contributed by atoms with Crippen molar-refractivity contribution in [3.8, 4) is 5.75 Å². The fraction of sp³-hybridized carbons (Fsp3) is 0.478. The van der Waals surface area contributed by atoms with Gasteiger partial charge in [0, 0.05) is 64.1 Å². The van der Waals surface area contributed by atoms with Crippen LogP contribution in [-0.4, -0.2) is 92.0 Å². The molecule has 33 heavy (non-hydrogen) atoms. The van der Waals surface area contributed by atoms with Crippen molar-refractivity contribution in [1.82, 2.24) is 19.6 Å². The largest absolute Gasteiger partial charge is 0.495 e. The van der Waals surface area contributed by atoms with Gasteiger partial charge in [-0.15, -0.1) is 0 Å². The third kappa shape index (κ3) is 5.08. The highest BCUT2D eigenvalue weighted by Gasteiger charge is 2.26. The minimum Gasteiger partial charge on any atom is -0.495 e. The van der Waals surface area contributed by atoms with Gasteiger partial charge in [-0.3, -0.25) is 9.48 Å². The fourth-order valence-electron chi connectivity index (χ4n) is 4.26. The number of carbonyl (C=O) groups is 1. The van der Waals surface area contributed by atoms with Crippen molar-refractivity contribution in [3.05, 3.63) is 40.5 Å². The summed E-state index contributed by atoms with van der Waals surface area (Å²) in [5, 5.41) is 5.83. The number of piperazine rings is 2. The predicted molar refractivity (Wildman–Crippen MR) is 134 cm³/mol. The van der Waals surface area contributed by atoms with Crippen molar-refractivity contribution in [1.29, 1.82) is 0 Å². The van der Waals surface area contributed by atoms with Gasteiger partial charge in [-0.05, 0) is 25.3 Å². The number of methoxy groups -OCH3 is 1. The van der Waals surface area contributed by atoms with Gasteiger partial charge in [0.1, 0.15) is 17.3 Å². The molecule has 0 atom stereocenters. The van der Waals surface area contributed by atoms with Crippen LogP contribution >= 0.6 is 23.2 Å². The lowest BCUT2D eigenvalue weighted by atomic mass is 10.2. The smallest absolute Gasteiger partial charge is 0.244 e. The minimum atomic E-state index is 0.0236. The van der Waals surface area contributed by atoms with Crippen molar-refractivity contribution in [2.24, 2.45) is 0 Å². The van der Waals surface area contributed by atoms with Gasteiger partial charge in [-0.1, -0.05) is 29.8 Å². The third-order valence-corrected chi connectivity index (χ3v) is 7.00. The van der Waals surface area contributed by atoms with Gasteiger partial charge in [0.2, 0.25) is 5.91 Å². The van der Waals surface area contributed by atoms with E-state index in [9.17, 15) is 4.79 Å². The zero-order chi connectivity index (χ0) is 23.5. The van der Waals surface area contributed by atoms with Crippen LogP contribution in [0.25, 0.3) is 6.08 Å². The molecule has 4 rings (SSSR count). The maximum Gasteiger partial charge on any atom is 0.244 e. The molecule has 2 aliphatic heterocycles. The molecule has 1 amide bonds. The SMILES string of the molecule is C=Cc1c(Cl)c(N2CCN(C)CC2)nn1CC(=O)N1CCN(c2ccc(Cl)c(OC)c2)CC1. The number of halogens is 2. The average molecular weight is 493 g/mol. The average Bonchev–Trinajstić information content (AvgIpc) is 3.14. The summed E-state index contributed by atoms with van der Waals surface area (Å²) in [4.78, 5) is 21.6. The zero-order valence-corrected chi connectivity index (χ0v) is 20.6. The third-order valence-electron chi connectivity index (χ3n) is 6.33. The van der Waals surface area contributed by atoms with Crippen molar-refractivity contribution >= 4 is 46.7 Å². The number of likely N-dealkylation sites (N-methyl/N-ethyl adjacent to an activating group) is 1. The van der Waals surface area contributed by atoms with E-state index in [0.717, 1.165) is 50.8 Å². The first kappa shape index (κ1) is 23.7. The summed E-state index contributed by atoms with van der Waals surface area (Å²) in [6.45, 7) is 10.4. The van der Waals surface area contributed by atoms with Gasteiger partial charge in [0.05, 0.1) is 17.8 Å². The Morgan fingerprint density at radius 2 is 1.76 bits per heavy atom. The number of hydrogen-bond donors (Lipinski definition) is 0. The molecule has 0 spiro atoms. The van der Waals surface area contributed by atoms with E-state index in [2.05, 4.69) is 28.3 Å². The summed E-state index contributed by atoms with van der Waals surface area (Å²) in [7, 11) is 3.71. The molecule has 0 saturated carbocycles. The lowest BCUT2D eigenvalue weighted by Gasteiger charge is -2.36. The normalized spacial score (nSPS) is 17.4. The maximum atomic E-state index is 13.1. The number of rotatable bonds is 6. The van der Waals surface area contributed by atoms with Crippen LogP contribution in [0.3, 0.4) is 0 Å². The van der Waals surface area contributed by atoms with E-state index in [1.165, 1.54) is 0 Å². The van der Waals surface area contributed by atoms with Gasteiger partial charge < -0.3 is 24.3 Å². The Morgan fingerprint density at radius 3 is 2.39 bits per heavy atom. The molecule has 8 nitrogen and oxygen atoms in total. The molecule has 0 N–H and O–H groups in total. The Labute approximate surface area is 204 Å². The molecule has 2 saturated heterocycles. The van der Waals surface area contributed by atoms with Gasteiger partial charge in [-0.25, -0.2) is 0 Å². The molecule has 0 aliphatic carbocycles. The van der Waals surface area contributed by atoms with Crippen LogP contribution in [-0.2, 0) is 11.3 Å². The Kier molecular flexibility index (Phi) is 7.36. The Morgan fingerprint density at radius 1 is 1.09 bits per heavy atom. The monoisotopic (exact) mass is 492 g/mol. The second-order valence-corrected chi connectivity index (χ2v) is 9.15. The Hall–Kier alpha value is -2.42. The summed E-state index contributed by atoms with van der Waals surface area (Å²) >= 11 is 12.8. The summed E-state index contributed by atoms with van der Waals surface area (Å²) in [6, 6.07) is 5.75. The lowest BCUT2D eigenvalue weighted by molar-refractivity contribution is -0.132. The van der Waals surface area contributed by atoms with Crippen LogP contribution in [0, 0.1) is 0 Å². The molecule has 10 heteroatoms. The molecule has 0 bridgehead atoms. The number of nitrogens with zero attached hydrogens (tertiary/aromatic N) is 6. The quantitative estimate of drug-likeness (QED) is 0.617. The predicted octanol–water partition coefficient (Wildman–Crippen LogP) is 2.94. The number of anilines is 2. The highest BCUT2D eigenvalue weighted by molar-refractivity contribution is 6.34. The molecule has 3 heterocycles. The lowest BCUT2D eigenvalue weighted by Crippen LogP contribution is -2.49. The molecular weight excluding hydrogens is 463 g/mol. The van der Waals surface area contributed by atoms with Crippen molar-refractivity contribution in [3.63, 3.8) is 0 Å². The van der Waals surface area contributed by atoms with E-state index in [4.69, 9.17) is 33.0 Å². The van der Waals surface area contributed by atoms with Gasteiger partial charge in [0.15, 0.2) is 5.82 Å². The molecule has 2 aliphatic rings. The molecule has 178 valence electrons. The zero-order valence-electron chi connectivity index (χ0n) is 19.1. The van der Waals surface area contributed by atoms with E-state index in [-0.39, 0.29) is 12.5 Å². The summed E-state index contributed by atoms with van der Waals surface area (Å²) in [5.74, 6) is 1.40. The van der Waals surface area contributed by atoms with Gasteiger partial charge in [-0.2, -0.15) is 5.10 Å². The summed E-state index contributed by atoms with van der Waals surface area (Å²) < 4.78 is 7.01. The van der Waals surface area contributed by atoms with Crippen LogP contribution in [0.1, 0.15) is 5.69 Å². The Bertz CT molecular complexity index is 1010. The summed E-state index contributed by atoms with van der Waals surface area (Å²) in [5.41, 5.74) is 1.72. The standard InChI is InChI=1S/C23H30Cl2N6O2/c1-4-19-22(25)23(30-9-7-27(2)8-10-30)26-31(19)16-21(32)29-13-11-28(12-14-29)17-5-6-18(24)20(15-17)33-3/h4-6,15H,1,7-14,16H2,2-3H3. The van der Waals surface area contributed by atoms with Gasteiger partial charge >= 0.3 is 0 Å². The van der Waals surface area contributed by atoms with E-state index in [1.807, 2.05) is 23.1 Å². The van der Waals surface area contributed by atoms with Crippen molar-refractivity contribution < 1.29 is 9.53 Å². The number of amides is 1. The minimum absolute atomic E-state index is 0.0236. The van der Waals surface area contributed by atoms with Crippen LogP contribution in [0.15, 0.2) is 24.8 Å². The molecule has 1 aromatic heterocycles. The topological polar surface area (TPSA) is 57.1 Å². The number of ether oxygens (including phenoxy) is 1. The first-order chi connectivity index (χ1) is 15.9. The van der Waals surface area contributed by atoms with E-state index >= 15 is 0 Å². The number of benzene rings is 1. The maximum absolute atomic E-state index is 13.1. The van der Waals surface area contributed by atoms with Crippen LogP contribution in [0.4, 0.5) is 11.5 Å². The van der Waals surface area contributed by atoms with E-state index in [0.29, 0.717) is 34.6 Å². The van der Waals surface area contributed by atoms with Crippen LogP contribution in [0.5, 0.6) is 5.75 Å². The summed E-state index contributed by atoms with van der Waals surface area (Å²) in [6.07, 6.45) is 1.67. The van der Waals surface area contributed by atoms with Crippen molar-refractivity contribution in [2.75, 3.05) is 76.3 Å². The fourth-order valence-corrected chi connectivity index (χ4v) is 4.79. The highest BCUT2D eigenvalue weighted by atomic mass is 35.5. The molecular formula is C23H30Cl2N6O2. The second-order valence-electron chi connectivity index (χ2n) is 8.36. The van der Waals surface area contributed by atoms with Crippen LogP contribution < -0.4 is 14.5 Å². The molecule has 0 unspecified atom stereocenters.